The van der Waals surface area contributed by atoms with Gasteiger partial charge in [-0.3, -0.25) is 4.79 Å². The lowest BCUT2D eigenvalue weighted by atomic mass is 10.2. The van der Waals surface area contributed by atoms with Gasteiger partial charge in [0, 0.05) is 19.2 Å². The first-order valence-corrected chi connectivity index (χ1v) is 6.52. The smallest absolute Gasteiger partial charge is 0.265 e. The first kappa shape index (κ1) is 13.5. The summed E-state index contributed by atoms with van der Waals surface area (Å²) >= 11 is 1.15. The molecule has 1 amide bonds. The first-order chi connectivity index (χ1) is 8.99. The average Bonchev–Trinajstić information content (AvgIpc) is 2.70. The third-order valence-corrected chi connectivity index (χ3v) is 3.69. The van der Waals surface area contributed by atoms with E-state index in [-0.39, 0.29) is 18.3 Å². The van der Waals surface area contributed by atoms with Crippen molar-refractivity contribution in [1.29, 1.82) is 0 Å². The summed E-state index contributed by atoms with van der Waals surface area (Å²) in [4.78, 5) is 18.2. The van der Waals surface area contributed by atoms with Gasteiger partial charge in [-0.2, -0.15) is 0 Å². The van der Waals surface area contributed by atoms with Crippen LogP contribution in [-0.4, -0.2) is 22.8 Å². The summed E-state index contributed by atoms with van der Waals surface area (Å²) in [6.45, 7) is 1.94. The number of nitrogen functional groups attached to an aromatic ring is 1. The molecular formula is C13H14FN3OS. The second kappa shape index (κ2) is 5.36. The quantitative estimate of drug-likeness (QED) is 0.938. The van der Waals surface area contributed by atoms with Crippen molar-refractivity contribution in [3.8, 4) is 0 Å². The zero-order chi connectivity index (χ0) is 14.0. The van der Waals surface area contributed by atoms with E-state index >= 15 is 0 Å². The van der Waals surface area contributed by atoms with Crippen molar-refractivity contribution in [2.45, 2.75) is 13.5 Å². The molecule has 0 spiro atoms. The standard InChI is InChI=1S/C13H14FN3OS/c1-8-11(19-13(15)16-8)12(18)17(2)7-9-5-3-4-6-10(9)14/h3-6H,7H2,1-2H3,(H2,15,16). The molecule has 1 aromatic carbocycles. The van der Waals surface area contributed by atoms with Gasteiger partial charge >= 0.3 is 0 Å². The van der Waals surface area contributed by atoms with E-state index in [1.54, 1.807) is 32.2 Å². The lowest BCUT2D eigenvalue weighted by Gasteiger charge is -2.16. The molecule has 0 radical (unpaired) electrons. The van der Waals surface area contributed by atoms with Crippen LogP contribution in [-0.2, 0) is 6.54 Å². The number of carbonyl (C=O) groups is 1. The minimum absolute atomic E-state index is 0.199. The number of amides is 1. The average molecular weight is 279 g/mol. The Morgan fingerprint density at radius 2 is 2.16 bits per heavy atom. The molecule has 4 nitrogen and oxygen atoms in total. The highest BCUT2D eigenvalue weighted by Gasteiger charge is 2.19. The topological polar surface area (TPSA) is 59.2 Å². The number of rotatable bonds is 3. The van der Waals surface area contributed by atoms with Crippen LogP contribution in [0.1, 0.15) is 20.9 Å². The number of thiazole rings is 1. The third kappa shape index (κ3) is 2.90. The molecule has 0 atom stereocenters. The SMILES string of the molecule is Cc1nc(N)sc1C(=O)N(C)Cc1ccccc1F. The zero-order valence-electron chi connectivity index (χ0n) is 10.7. The van der Waals surface area contributed by atoms with Gasteiger partial charge in [0.2, 0.25) is 0 Å². The van der Waals surface area contributed by atoms with Crippen LogP contribution in [0, 0.1) is 12.7 Å². The third-order valence-electron chi connectivity index (χ3n) is 2.72. The fourth-order valence-electron chi connectivity index (χ4n) is 1.74. The highest BCUT2D eigenvalue weighted by Crippen LogP contribution is 2.22. The van der Waals surface area contributed by atoms with Gasteiger partial charge in [-0.05, 0) is 13.0 Å². The largest absolute Gasteiger partial charge is 0.375 e. The summed E-state index contributed by atoms with van der Waals surface area (Å²) in [6.07, 6.45) is 0. The Balaban J connectivity index is 2.16. The van der Waals surface area contributed by atoms with Crippen LogP contribution < -0.4 is 5.73 Å². The summed E-state index contributed by atoms with van der Waals surface area (Å²) < 4.78 is 13.5. The number of nitrogens with two attached hydrogens (primary N) is 1. The van der Waals surface area contributed by atoms with Gasteiger partial charge in [0.15, 0.2) is 5.13 Å². The number of aromatic nitrogens is 1. The Bertz CT molecular complexity index is 612. The van der Waals surface area contributed by atoms with Gasteiger partial charge < -0.3 is 10.6 Å². The Kier molecular flexibility index (Phi) is 3.80. The predicted octanol–water partition coefficient (Wildman–Crippen LogP) is 2.45. The fourth-order valence-corrected chi connectivity index (χ4v) is 2.57. The summed E-state index contributed by atoms with van der Waals surface area (Å²) in [7, 11) is 1.63. The Morgan fingerprint density at radius 1 is 1.47 bits per heavy atom. The second-order valence-electron chi connectivity index (χ2n) is 4.22. The maximum absolute atomic E-state index is 13.5. The van der Waals surface area contributed by atoms with Gasteiger partial charge in [0.05, 0.1) is 5.69 Å². The summed E-state index contributed by atoms with van der Waals surface area (Å²) in [6, 6.07) is 6.40. The highest BCUT2D eigenvalue weighted by atomic mass is 32.1. The summed E-state index contributed by atoms with van der Waals surface area (Å²) in [5.41, 5.74) is 6.66. The van der Waals surface area contributed by atoms with E-state index in [0.29, 0.717) is 21.3 Å². The number of benzene rings is 1. The van der Waals surface area contributed by atoms with E-state index < -0.39 is 0 Å². The lowest BCUT2D eigenvalue weighted by Crippen LogP contribution is -2.26. The normalized spacial score (nSPS) is 10.5. The van der Waals surface area contributed by atoms with Crippen molar-refractivity contribution in [1.82, 2.24) is 9.88 Å². The van der Waals surface area contributed by atoms with E-state index in [4.69, 9.17) is 5.73 Å². The number of carbonyl (C=O) groups excluding carboxylic acids is 1. The van der Waals surface area contributed by atoms with Crippen molar-refractivity contribution >= 4 is 22.4 Å². The van der Waals surface area contributed by atoms with Crippen molar-refractivity contribution in [2.24, 2.45) is 0 Å². The fraction of sp³-hybridized carbons (Fsp3) is 0.231. The van der Waals surface area contributed by atoms with E-state index in [1.807, 2.05) is 0 Å². The monoisotopic (exact) mass is 279 g/mol. The van der Waals surface area contributed by atoms with Crippen molar-refractivity contribution in [2.75, 3.05) is 12.8 Å². The number of halogens is 1. The first-order valence-electron chi connectivity index (χ1n) is 5.71. The number of nitrogens with zero attached hydrogens (tertiary/aromatic N) is 2. The molecule has 0 unspecified atom stereocenters. The molecule has 0 bridgehead atoms. The molecule has 0 aliphatic carbocycles. The molecule has 2 N–H and O–H groups in total. The molecule has 0 aliphatic rings. The number of aryl methyl sites for hydroxylation is 1. The second-order valence-corrected chi connectivity index (χ2v) is 5.25. The maximum atomic E-state index is 13.5. The van der Waals surface area contributed by atoms with Gasteiger partial charge in [-0.15, -0.1) is 0 Å². The molecule has 0 saturated heterocycles. The molecule has 1 aromatic heterocycles. The number of anilines is 1. The highest BCUT2D eigenvalue weighted by molar-refractivity contribution is 7.17. The van der Waals surface area contributed by atoms with E-state index in [9.17, 15) is 9.18 Å². The molecule has 1 heterocycles. The van der Waals surface area contributed by atoms with E-state index in [1.165, 1.54) is 11.0 Å². The number of hydrogen-bond acceptors (Lipinski definition) is 4. The molecular weight excluding hydrogens is 265 g/mol. The van der Waals surface area contributed by atoms with Crippen LogP contribution in [0.3, 0.4) is 0 Å². The van der Waals surface area contributed by atoms with Crippen LogP contribution >= 0.6 is 11.3 Å². The molecule has 0 saturated carbocycles. The van der Waals surface area contributed by atoms with E-state index in [2.05, 4.69) is 4.98 Å². The van der Waals surface area contributed by atoms with Crippen molar-refractivity contribution < 1.29 is 9.18 Å². The molecule has 0 aliphatic heterocycles. The molecule has 2 aromatic rings. The van der Waals surface area contributed by atoms with Gasteiger partial charge in [0.25, 0.3) is 5.91 Å². The minimum atomic E-state index is -0.317. The zero-order valence-corrected chi connectivity index (χ0v) is 11.5. The Morgan fingerprint density at radius 3 is 2.74 bits per heavy atom. The van der Waals surface area contributed by atoms with Gasteiger partial charge in [-0.25, -0.2) is 9.37 Å². The Labute approximate surface area is 114 Å². The lowest BCUT2D eigenvalue weighted by molar-refractivity contribution is 0.0787. The molecule has 6 heteroatoms. The van der Waals surface area contributed by atoms with Crippen LogP contribution in [0.2, 0.25) is 0 Å². The minimum Gasteiger partial charge on any atom is -0.375 e. The molecule has 2 rings (SSSR count). The maximum Gasteiger partial charge on any atom is 0.265 e. The van der Waals surface area contributed by atoms with E-state index in [0.717, 1.165) is 11.3 Å². The van der Waals surface area contributed by atoms with Gasteiger partial charge in [0.1, 0.15) is 10.7 Å². The van der Waals surface area contributed by atoms with Crippen molar-refractivity contribution in [3.63, 3.8) is 0 Å². The van der Waals surface area contributed by atoms with Crippen LogP contribution in [0.15, 0.2) is 24.3 Å². The summed E-state index contributed by atoms with van der Waals surface area (Å²) in [5.74, 6) is -0.516. The molecule has 0 fully saturated rings. The van der Waals surface area contributed by atoms with Crippen LogP contribution in [0.4, 0.5) is 9.52 Å². The van der Waals surface area contributed by atoms with Crippen molar-refractivity contribution in [3.05, 3.63) is 46.2 Å². The number of hydrogen-bond donors (Lipinski definition) is 1. The Hall–Kier alpha value is -1.95. The van der Waals surface area contributed by atoms with Crippen LogP contribution in [0.25, 0.3) is 0 Å². The van der Waals surface area contributed by atoms with Crippen LogP contribution in [0.5, 0.6) is 0 Å². The molecule has 19 heavy (non-hydrogen) atoms. The predicted molar refractivity (Wildman–Crippen MR) is 73.5 cm³/mol. The molecule has 100 valence electrons. The van der Waals surface area contributed by atoms with Gasteiger partial charge in [-0.1, -0.05) is 29.5 Å². The summed E-state index contributed by atoms with van der Waals surface area (Å²) in [5, 5.41) is 0.361.